The fourth-order valence-electron chi connectivity index (χ4n) is 1.79. The lowest BCUT2D eigenvalue weighted by Gasteiger charge is -2.12. The topological polar surface area (TPSA) is 117 Å². The molecule has 0 aliphatic heterocycles. The quantitative estimate of drug-likeness (QED) is 0.448. The van der Waals surface area contributed by atoms with Crippen LogP contribution in [0.15, 0.2) is 46.0 Å². The van der Waals surface area contributed by atoms with Crippen LogP contribution in [0.5, 0.6) is 11.5 Å². The predicted octanol–water partition coefficient (Wildman–Crippen LogP) is 2.27. The Hall–Kier alpha value is -2.94. The van der Waals surface area contributed by atoms with Crippen LogP contribution < -0.4 is 15.3 Å². The van der Waals surface area contributed by atoms with Crippen LogP contribution in [0.2, 0.25) is 0 Å². The van der Waals surface area contributed by atoms with Crippen molar-refractivity contribution in [3.8, 4) is 11.5 Å². The summed E-state index contributed by atoms with van der Waals surface area (Å²) in [5.74, 6) is -0.470. The third kappa shape index (κ3) is 5.28. The molecule has 8 nitrogen and oxygen atoms in total. The second kappa shape index (κ2) is 8.25. The van der Waals surface area contributed by atoms with Crippen molar-refractivity contribution in [1.82, 2.24) is 5.43 Å². The summed E-state index contributed by atoms with van der Waals surface area (Å²) in [4.78, 5) is 21.8. The van der Waals surface area contributed by atoms with E-state index in [9.17, 15) is 20.0 Å². The number of carbonyl (C=O) groups excluding carboxylic acids is 1. The largest absolute Gasteiger partial charge is 0.871 e. The summed E-state index contributed by atoms with van der Waals surface area (Å²) in [6, 6.07) is 9.34. The van der Waals surface area contributed by atoms with E-state index in [1.165, 1.54) is 0 Å². The fourth-order valence-corrected chi connectivity index (χ4v) is 2.25. The second-order valence-corrected chi connectivity index (χ2v) is 5.85. The lowest BCUT2D eigenvalue weighted by molar-refractivity contribution is -0.385. The number of nitro benzene ring substituents is 1. The maximum absolute atomic E-state index is 11.9. The van der Waals surface area contributed by atoms with Gasteiger partial charge in [-0.05, 0) is 24.6 Å². The van der Waals surface area contributed by atoms with Crippen LogP contribution in [0.3, 0.4) is 0 Å². The average molecular weight is 407 g/mol. The van der Waals surface area contributed by atoms with Crippen LogP contribution >= 0.6 is 15.9 Å². The van der Waals surface area contributed by atoms with Crippen molar-refractivity contribution >= 4 is 33.7 Å². The first-order valence-electron chi connectivity index (χ1n) is 7.03. The molecule has 0 spiro atoms. The van der Waals surface area contributed by atoms with Crippen LogP contribution in [-0.4, -0.2) is 23.7 Å². The number of aryl methyl sites for hydroxylation is 1. The van der Waals surface area contributed by atoms with Gasteiger partial charge in [-0.1, -0.05) is 39.4 Å². The van der Waals surface area contributed by atoms with Crippen LogP contribution in [0.4, 0.5) is 5.69 Å². The first-order valence-corrected chi connectivity index (χ1v) is 7.82. The summed E-state index contributed by atoms with van der Waals surface area (Å²) in [7, 11) is 0. The van der Waals surface area contributed by atoms with E-state index < -0.39 is 16.6 Å². The maximum Gasteiger partial charge on any atom is 0.277 e. The minimum atomic E-state index is -0.629. The van der Waals surface area contributed by atoms with Gasteiger partial charge in [-0.3, -0.25) is 14.9 Å². The number of halogens is 1. The van der Waals surface area contributed by atoms with Gasteiger partial charge in [0.05, 0.1) is 11.1 Å². The number of amides is 1. The molecule has 0 unspecified atom stereocenters. The Morgan fingerprint density at radius 2 is 2.04 bits per heavy atom. The summed E-state index contributed by atoms with van der Waals surface area (Å²) in [5, 5.41) is 26.3. The number of benzene rings is 2. The lowest BCUT2D eigenvalue weighted by atomic mass is 10.2. The Morgan fingerprint density at radius 3 is 2.68 bits per heavy atom. The monoisotopic (exact) mass is 406 g/mol. The standard InChI is InChI=1S/C16H14BrN3O5/c1-10-2-4-13(5-3-10)25-9-15(21)19-18-8-11-6-12(20(23)24)7-14(17)16(11)22/h2-8,22H,9H2,1H3,(H,19,21)/p-1/b18-8-. The number of nitrogens with one attached hydrogen (secondary N) is 1. The van der Waals surface area contributed by atoms with Gasteiger partial charge in [0.2, 0.25) is 0 Å². The Balaban J connectivity index is 1.95. The molecule has 0 atom stereocenters. The highest BCUT2D eigenvalue weighted by atomic mass is 79.9. The van der Waals surface area contributed by atoms with Crippen LogP contribution in [0.25, 0.3) is 0 Å². The summed E-state index contributed by atoms with van der Waals surface area (Å²) in [6.07, 6.45) is 1.05. The predicted molar refractivity (Wildman–Crippen MR) is 92.7 cm³/mol. The van der Waals surface area contributed by atoms with Gasteiger partial charge in [0.15, 0.2) is 6.61 Å². The highest BCUT2D eigenvalue weighted by molar-refractivity contribution is 9.10. The number of rotatable bonds is 6. The number of nitro groups is 1. The fraction of sp³-hybridized carbons (Fsp3) is 0.125. The molecule has 1 amide bonds. The molecule has 2 aromatic carbocycles. The third-order valence-corrected chi connectivity index (χ3v) is 3.64. The summed E-state index contributed by atoms with van der Waals surface area (Å²) in [5.41, 5.74) is 2.97. The molecule has 0 fully saturated rings. The molecular weight excluding hydrogens is 394 g/mol. The van der Waals surface area contributed by atoms with Crippen molar-refractivity contribution in [2.75, 3.05) is 6.61 Å². The van der Waals surface area contributed by atoms with Gasteiger partial charge >= 0.3 is 0 Å². The van der Waals surface area contributed by atoms with Gasteiger partial charge in [-0.15, -0.1) is 0 Å². The minimum Gasteiger partial charge on any atom is -0.871 e. The smallest absolute Gasteiger partial charge is 0.277 e. The lowest BCUT2D eigenvalue weighted by Crippen LogP contribution is -2.24. The van der Waals surface area contributed by atoms with Gasteiger partial charge < -0.3 is 9.84 Å². The number of hydrogen-bond acceptors (Lipinski definition) is 6. The molecule has 2 aromatic rings. The molecule has 0 saturated carbocycles. The Labute approximate surface area is 151 Å². The van der Waals surface area contributed by atoms with E-state index in [-0.39, 0.29) is 22.3 Å². The number of nitrogens with zero attached hydrogens (tertiary/aromatic N) is 2. The zero-order chi connectivity index (χ0) is 18.4. The molecule has 0 heterocycles. The van der Waals surface area contributed by atoms with E-state index in [2.05, 4.69) is 26.5 Å². The molecule has 0 bridgehead atoms. The Bertz CT molecular complexity index is 821. The van der Waals surface area contributed by atoms with Gasteiger partial charge in [0.1, 0.15) is 5.75 Å². The number of ether oxygens (including phenoxy) is 1. The average Bonchev–Trinajstić information content (AvgIpc) is 2.57. The molecule has 1 N–H and O–H groups in total. The number of non-ortho nitro benzene ring substituents is 1. The molecule has 0 saturated heterocycles. The molecule has 0 aliphatic carbocycles. The molecule has 0 aliphatic rings. The molecule has 130 valence electrons. The SMILES string of the molecule is Cc1ccc(OCC(=O)N/N=C\c2cc([N+](=O)[O-])cc(Br)c2[O-])cc1. The van der Waals surface area contributed by atoms with Gasteiger partial charge in [-0.2, -0.15) is 5.10 Å². The van der Waals surface area contributed by atoms with E-state index in [4.69, 9.17) is 4.74 Å². The van der Waals surface area contributed by atoms with Crippen molar-refractivity contribution in [3.05, 3.63) is 62.1 Å². The van der Waals surface area contributed by atoms with Crippen molar-refractivity contribution in [2.45, 2.75) is 6.92 Å². The summed E-state index contributed by atoms with van der Waals surface area (Å²) in [6.45, 7) is 1.67. The highest BCUT2D eigenvalue weighted by Gasteiger charge is 2.09. The Morgan fingerprint density at radius 1 is 1.36 bits per heavy atom. The van der Waals surface area contributed by atoms with E-state index in [0.717, 1.165) is 23.9 Å². The van der Waals surface area contributed by atoms with Crippen molar-refractivity contribution in [1.29, 1.82) is 0 Å². The number of carbonyl (C=O) groups is 1. The zero-order valence-electron chi connectivity index (χ0n) is 13.1. The molecule has 25 heavy (non-hydrogen) atoms. The zero-order valence-corrected chi connectivity index (χ0v) is 14.6. The van der Waals surface area contributed by atoms with Gasteiger partial charge in [-0.25, -0.2) is 5.43 Å². The van der Waals surface area contributed by atoms with Crippen LogP contribution in [-0.2, 0) is 4.79 Å². The van der Waals surface area contributed by atoms with Gasteiger partial charge in [0, 0.05) is 16.6 Å². The molecule has 0 radical (unpaired) electrons. The highest BCUT2D eigenvalue weighted by Crippen LogP contribution is 2.29. The first-order chi connectivity index (χ1) is 11.9. The molecule has 9 heteroatoms. The summed E-state index contributed by atoms with van der Waals surface area (Å²) < 4.78 is 5.31. The van der Waals surface area contributed by atoms with Crippen molar-refractivity contribution < 1.29 is 19.6 Å². The number of hydrogen-bond donors (Lipinski definition) is 1. The van der Waals surface area contributed by atoms with E-state index in [0.29, 0.717) is 5.75 Å². The summed E-state index contributed by atoms with van der Waals surface area (Å²) >= 11 is 2.96. The van der Waals surface area contributed by atoms with E-state index >= 15 is 0 Å². The van der Waals surface area contributed by atoms with Gasteiger partial charge in [0.25, 0.3) is 11.6 Å². The number of hydrazone groups is 1. The molecular formula is C16H13BrN3O5-. The van der Waals surface area contributed by atoms with Crippen molar-refractivity contribution in [3.63, 3.8) is 0 Å². The van der Waals surface area contributed by atoms with Crippen LogP contribution in [0.1, 0.15) is 11.1 Å². The van der Waals surface area contributed by atoms with Crippen LogP contribution in [0, 0.1) is 17.0 Å². The molecule has 0 aromatic heterocycles. The maximum atomic E-state index is 11.9. The minimum absolute atomic E-state index is 0.0270. The van der Waals surface area contributed by atoms with E-state index in [1.807, 2.05) is 19.1 Å². The second-order valence-electron chi connectivity index (χ2n) is 5.00. The van der Waals surface area contributed by atoms with E-state index in [1.54, 1.807) is 12.1 Å². The molecule has 2 rings (SSSR count). The normalized spacial score (nSPS) is 10.6. The third-order valence-electron chi connectivity index (χ3n) is 3.05. The van der Waals surface area contributed by atoms with Crippen molar-refractivity contribution in [2.24, 2.45) is 5.10 Å². The Kier molecular flexibility index (Phi) is 6.07. The first kappa shape index (κ1) is 18.4.